The van der Waals surface area contributed by atoms with Crippen LogP contribution in [0.3, 0.4) is 0 Å². The van der Waals surface area contributed by atoms with Crippen LogP contribution in [-0.4, -0.2) is 20.3 Å². The van der Waals surface area contributed by atoms with E-state index in [0.29, 0.717) is 12.4 Å². The maximum Gasteiger partial charge on any atom is 0.174 e. The Labute approximate surface area is 88.4 Å². The Balaban J connectivity index is 2.18. The van der Waals surface area contributed by atoms with Crippen molar-refractivity contribution in [1.82, 2.24) is 5.32 Å². The van der Waals surface area contributed by atoms with Crippen LogP contribution in [0.4, 0.5) is 0 Å². The Kier molecular flexibility index (Phi) is 2.75. The molecule has 2 rings (SSSR count). The van der Waals surface area contributed by atoms with E-state index >= 15 is 0 Å². The van der Waals surface area contributed by atoms with E-state index < -0.39 is 0 Å². The summed E-state index contributed by atoms with van der Waals surface area (Å²) < 4.78 is 10.7. The molecule has 0 saturated carbocycles. The molecule has 1 heterocycles. The highest BCUT2D eigenvalue weighted by Crippen LogP contribution is 2.34. The topological polar surface area (TPSA) is 54.3 Å². The lowest BCUT2D eigenvalue weighted by molar-refractivity contribution is 0.315. The number of fused-ring (bicyclic) bond motifs is 1. The molecule has 1 aromatic rings. The molecule has 1 aliphatic heterocycles. The predicted octanol–water partition coefficient (Wildman–Crippen LogP) is 1.24. The first-order valence-corrected chi connectivity index (χ1v) is 4.79. The largest absolute Gasteiger partial charge is 0.491 e. The lowest BCUT2D eigenvalue weighted by atomic mass is 10.1. The van der Waals surface area contributed by atoms with Crippen LogP contribution >= 0.6 is 0 Å². The summed E-state index contributed by atoms with van der Waals surface area (Å²) >= 11 is 0. The monoisotopic (exact) mass is 204 g/mol. The summed E-state index contributed by atoms with van der Waals surface area (Å²) in [4.78, 5) is 0. The summed E-state index contributed by atoms with van der Waals surface area (Å²) in [7, 11) is 1.91. The summed E-state index contributed by atoms with van der Waals surface area (Å²) in [6.45, 7) is 0.710. The Bertz CT molecular complexity index is 398. The van der Waals surface area contributed by atoms with Gasteiger partial charge in [0.2, 0.25) is 0 Å². The number of nitriles is 1. The van der Waals surface area contributed by atoms with Crippen LogP contribution in [0, 0.1) is 11.3 Å². The van der Waals surface area contributed by atoms with Gasteiger partial charge in [0.15, 0.2) is 6.61 Å². The minimum absolute atomic E-state index is 0.0637. The van der Waals surface area contributed by atoms with Gasteiger partial charge in [-0.25, -0.2) is 0 Å². The molecule has 78 valence electrons. The SMILES string of the molecule is CNC1COc2cc(OCC#N)ccc21. The summed E-state index contributed by atoms with van der Waals surface area (Å²) in [5.74, 6) is 1.51. The highest BCUT2D eigenvalue weighted by molar-refractivity contribution is 5.45. The van der Waals surface area contributed by atoms with E-state index in [1.807, 2.05) is 31.3 Å². The summed E-state index contributed by atoms with van der Waals surface area (Å²) in [5.41, 5.74) is 1.14. The molecule has 1 atom stereocenters. The fourth-order valence-electron chi connectivity index (χ4n) is 1.63. The first kappa shape index (κ1) is 9.81. The Hall–Kier alpha value is -1.73. The zero-order valence-corrected chi connectivity index (χ0v) is 8.49. The van der Waals surface area contributed by atoms with Crippen molar-refractivity contribution in [2.24, 2.45) is 0 Å². The molecule has 0 aromatic heterocycles. The van der Waals surface area contributed by atoms with Crippen LogP contribution in [0.2, 0.25) is 0 Å². The minimum Gasteiger partial charge on any atom is -0.491 e. The molecule has 1 aromatic carbocycles. The van der Waals surface area contributed by atoms with E-state index in [1.165, 1.54) is 0 Å². The molecule has 0 radical (unpaired) electrons. The highest BCUT2D eigenvalue weighted by Gasteiger charge is 2.22. The number of rotatable bonds is 3. The molecule has 0 saturated heterocycles. The number of hydrogen-bond donors (Lipinski definition) is 1. The van der Waals surface area contributed by atoms with Gasteiger partial charge >= 0.3 is 0 Å². The van der Waals surface area contributed by atoms with E-state index in [1.54, 1.807) is 0 Å². The smallest absolute Gasteiger partial charge is 0.174 e. The molecule has 0 spiro atoms. The second kappa shape index (κ2) is 4.20. The van der Waals surface area contributed by atoms with Crippen molar-refractivity contribution in [3.63, 3.8) is 0 Å². The van der Waals surface area contributed by atoms with E-state index in [0.717, 1.165) is 11.3 Å². The lowest BCUT2D eigenvalue weighted by Crippen LogP contribution is -2.17. The van der Waals surface area contributed by atoms with Crippen molar-refractivity contribution >= 4 is 0 Å². The zero-order chi connectivity index (χ0) is 10.7. The molecular weight excluding hydrogens is 192 g/mol. The van der Waals surface area contributed by atoms with E-state index in [-0.39, 0.29) is 12.6 Å². The van der Waals surface area contributed by atoms with Gasteiger partial charge in [-0.1, -0.05) is 0 Å². The van der Waals surface area contributed by atoms with Crippen molar-refractivity contribution < 1.29 is 9.47 Å². The summed E-state index contributed by atoms with van der Waals surface area (Å²) in [6.07, 6.45) is 0. The number of hydrogen-bond acceptors (Lipinski definition) is 4. The first-order valence-electron chi connectivity index (χ1n) is 4.79. The van der Waals surface area contributed by atoms with Crippen molar-refractivity contribution in [2.45, 2.75) is 6.04 Å². The van der Waals surface area contributed by atoms with Gasteiger partial charge in [0, 0.05) is 11.6 Å². The second-order valence-corrected chi connectivity index (χ2v) is 3.30. The standard InChI is InChI=1S/C11H12N2O2/c1-13-10-7-15-11-6-8(14-5-4-12)2-3-9(10)11/h2-3,6,10,13H,5,7H2,1H3. The van der Waals surface area contributed by atoms with Gasteiger partial charge in [0.1, 0.15) is 24.2 Å². The maximum atomic E-state index is 8.38. The van der Waals surface area contributed by atoms with Crippen LogP contribution in [0.5, 0.6) is 11.5 Å². The third-order valence-corrected chi connectivity index (χ3v) is 2.42. The molecule has 4 nitrogen and oxygen atoms in total. The van der Waals surface area contributed by atoms with Gasteiger partial charge in [-0.05, 0) is 19.2 Å². The second-order valence-electron chi connectivity index (χ2n) is 3.30. The molecule has 4 heteroatoms. The number of nitrogens with one attached hydrogen (secondary N) is 1. The van der Waals surface area contributed by atoms with Gasteiger partial charge in [-0.15, -0.1) is 0 Å². The fourth-order valence-corrected chi connectivity index (χ4v) is 1.63. The molecule has 0 bridgehead atoms. The van der Waals surface area contributed by atoms with Gasteiger partial charge in [0.25, 0.3) is 0 Å². The van der Waals surface area contributed by atoms with E-state index in [4.69, 9.17) is 14.7 Å². The molecular formula is C11H12N2O2. The molecule has 1 aliphatic rings. The van der Waals surface area contributed by atoms with Crippen molar-refractivity contribution in [3.8, 4) is 17.6 Å². The average molecular weight is 204 g/mol. The zero-order valence-electron chi connectivity index (χ0n) is 8.49. The third kappa shape index (κ3) is 1.88. The quantitative estimate of drug-likeness (QED) is 0.804. The molecule has 0 fully saturated rings. The van der Waals surface area contributed by atoms with Gasteiger partial charge < -0.3 is 14.8 Å². The fraction of sp³-hybridized carbons (Fsp3) is 0.364. The molecule has 1 N–H and O–H groups in total. The molecule has 15 heavy (non-hydrogen) atoms. The molecule has 0 amide bonds. The average Bonchev–Trinajstić information content (AvgIpc) is 2.68. The van der Waals surface area contributed by atoms with Gasteiger partial charge in [0.05, 0.1) is 6.04 Å². The Morgan fingerprint density at radius 2 is 2.53 bits per heavy atom. The van der Waals surface area contributed by atoms with Crippen molar-refractivity contribution in [1.29, 1.82) is 5.26 Å². The summed E-state index contributed by atoms with van der Waals surface area (Å²) in [5, 5.41) is 11.5. The molecule has 1 unspecified atom stereocenters. The first-order chi connectivity index (χ1) is 7.35. The minimum atomic E-state index is 0.0637. The van der Waals surface area contributed by atoms with Crippen molar-refractivity contribution in [2.75, 3.05) is 20.3 Å². The number of ether oxygens (including phenoxy) is 2. The van der Waals surface area contributed by atoms with Crippen LogP contribution < -0.4 is 14.8 Å². The van der Waals surface area contributed by atoms with Gasteiger partial charge in [-0.3, -0.25) is 0 Å². The Morgan fingerprint density at radius 1 is 1.67 bits per heavy atom. The highest BCUT2D eigenvalue weighted by atomic mass is 16.5. The Morgan fingerprint density at radius 3 is 3.27 bits per heavy atom. The van der Waals surface area contributed by atoms with Crippen molar-refractivity contribution in [3.05, 3.63) is 23.8 Å². The van der Waals surface area contributed by atoms with Gasteiger partial charge in [-0.2, -0.15) is 5.26 Å². The van der Waals surface area contributed by atoms with E-state index in [2.05, 4.69) is 5.32 Å². The summed E-state index contributed by atoms with van der Waals surface area (Å²) in [6, 6.07) is 7.83. The van der Waals surface area contributed by atoms with E-state index in [9.17, 15) is 0 Å². The number of benzene rings is 1. The maximum absolute atomic E-state index is 8.38. The number of likely N-dealkylation sites (N-methyl/N-ethyl adjacent to an activating group) is 1. The normalized spacial score (nSPS) is 17.7. The van der Waals surface area contributed by atoms with Crippen LogP contribution in [0.15, 0.2) is 18.2 Å². The number of nitrogens with zero attached hydrogens (tertiary/aromatic N) is 1. The lowest BCUT2D eigenvalue weighted by Gasteiger charge is -2.06. The molecule has 0 aliphatic carbocycles. The van der Waals surface area contributed by atoms with Crippen LogP contribution in [-0.2, 0) is 0 Å². The predicted molar refractivity (Wildman–Crippen MR) is 54.8 cm³/mol. The third-order valence-electron chi connectivity index (χ3n) is 2.42. The van der Waals surface area contributed by atoms with Crippen LogP contribution in [0.25, 0.3) is 0 Å². The van der Waals surface area contributed by atoms with Crippen LogP contribution in [0.1, 0.15) is 11.6 Å².